The number of nitrogens with zero attached hydrogens (tertiary/aromatic N) is 3. The predicted octanol–water partition coefficient (Wildman–Crippen LogP) is 1.79. The lowest BCUT2D eigenvalue weighted by molar-refractivity contribution is 0.254. The lowest BCUT2D eigenvalue weighted by Gasteiger charge is -2.12. The average molecular weight is 285 g/mol. The van der Waals surface area contributed by atoms with Crippen molar-refractivity contribution in [2.75, 3.05) is 32.7 Å². The van der Waals surface area contributed by atoms with Gasteiger partial charge in [0.25, 0.3) is 0 Å². The first-order chi connectivity index (χ1) is 8.72. The van der Waals surface area contributed by atoms with Crippen LogP contribution in [0, 0.1) is 0 Å². The van der Waals surface area contributed by atoms with Gasteiger partial charge in [0.15, 0.2) is 5.82 Å². The highest BCUT2D eigenvalue weighted by atomic mass is 35.5. The number of anilines is 1. The largest absolute Gasteiger partial charge is 0.475 e. The number of fused-ring (bicyclic) bond motifs is 1. The quantitative estimate of drug-likeness (QED) is 0.816. The fourth-order valence-corrected chi connectivity index (χ4v) is 1.59. The van der Waals surface area contributed by atoms with Gasteiger partial charge >= 0.3 is 0 Å². The first kappa shape index (κ1) is 15.4. The van der Waals surface area contributed by atoms with Gasteiger partial charge in [-0.2, -0.15) is 0 Å². The minimum atomic E-state index is 0. The van der Waals surface area contributed by atoms with Gasteiger partial charge in [-0.25, -0.2) is 0 Å². The van der Waals surface area contributed by atoms with E-state index < -0.39 is 0 Å². The van der Waals surface area contributed by atoms with Gasteiger partial charge in [0.1, 0.15) is 6.61 Å². The van der Waals surface area contributed by atoms with E-state index in [2.05, 4.69) is 10.2 Å². The molecule has 104 valence electrons. The van der Waals surface area contributed by atoms with Crippen molar-refractivity contribution in [3.63, 3.8) is 0 Å². The van der Waals surface area contributed by atoms with Crippen molar-refractivity contribution in [1.29, 1.82) is 0 Å². The molecule has 0 aliphatic rings. The molecule has 2 N–H and O–H groups in total. The Bertz CT molecular complexity index is 536. The third-order valence-electron chi connectivity index (χ3n) is 2.54. The van der Waals surface area contributed by atoms with Gasteiger partial charge in [0.2, 0.25) is 5.88 Å². The molecule has 0 amide bonds. The molecule has 0 spiro atoms. The fraction of sp³-hybridized carbons (Fsp3) is 0.333. The Labute approximate surface area is 117 Å². The molecule has 7 heteroatoms. The number of ether oxygens (including phenoxy) is 1. The zero-order valence-corrected chi connectivity index (χ0v) is 11.6. The van der Waals surface area contributed by atoms with E-state index in [1.54, 1.807) is 0 Å². The Kier molecular flexibility index (Phi) is 5.75. The maximum absolute atomic E-state index is 8.98. The number of aromatic nitrogens is 2. The van der Waals surface area contributed by atoms with Crippen molar-refractivity contribution in [3.05, 3.63) is 24.3 Å². The highest BCUT2D eigenvalue weighted by Crippen LogP contribution is 2.26. The van der Waals surface area contributed by atoms with Gasteiger partial charge in [-0.05, 0) is 20.2 Å². The fourth-order valence-electron chi connectivity index (χ4n) is 1.59. The summed E-state index contributed by atoms with van der Waals surface area (Å²) in [4.78, 5) is 2.03. The van der Waals surface area contributed by atoms with Crippen LogP contribution < -0.4 is 10.2 Å². The Morgan fingerprint density at radius 2 is 1.89 bits per heavy atom. The Balaban J connectivity index is 0.00000180. The number of hydrogen-bond acceptors (Lipinski definition) is 6. The first-order valence-electron chi connectivity index (χ1n) is 5.65. The molecule has 6 nitrogen and oxygen atoms in total. The molecule has 0 radical (unpaired) electrons. The van der Waals surface area contributed by atoms with Crippen LogP contribution in [0.25, 0.3) is 10.8 Å². The maximum Gasteiger partial charge on any atom is 0.241 e. The van der Waals surface area contributed by atoms with E-state index in [1.165, 1.54) is 0 Å². The van der Waals surface area contributed by atoms with Crippen LogP contribution in [0.3, 0.4) is 0 Å². The molecule has 0 unspecified atom stereocenters. The zero-order valence-electron chi connectivity index (χ0n) is 10.8. The monoisotopic (exact) mass is 284 g/mol. The molecule has 0 bridgehead atoms. The van der Waals surface area contributed by atoms with Gasteiger partial charge < -0.3 is 9.64 Å². The molecule has 19 heavy (non-hydrogen) atoms. The molecule has 0 atom stereocenters. The summed E-state index contributed by atoms with van der Waals surface area (Å²) < 4.78 is 5.60. The standard InChI is InChI=1S/C12H16N4O2.ClH/c1-16(2)7-8-18-12-10-6-4-3-5-9(10)11(15-17)13-14-12;/h3-6,17H,7-8H2,1-2H3,(H,13,15);1H. The van der Waals surface area contributed by atoms with E-state index in [0.717, 1.165) is 17.3 Å². The summed E-state index contributed by atoms with van der Waals surface area (Å²) in [6.07, 6.45) is 0. The van der Waals surface area contributed by atoms with Crippen LogP contribution >= 0.6 is 12.4 Å². The SMILES string of the molecule is CN(C)CCOc1nnc(NO)c2ccccc12.Cl. The van der Waals surface area contributed by atoms with Crippen LogP contribution in [0.1, 0.15) is 0 Å². The van der Waals surface area contributed by atoms with E-state index in [-0.39, 0.29) is 12.4 Å². The molecule has 1 aromatic carbocycles. The van der Waals surface area contributed by atoms with E-state index in [9.17, 15) is 0 Å². The topological polar surface area (TPSA) is 70.5 Å². The van der Waals surface area contributed by atoms with Crippen molar-refractivity contribution >= 4 is 29.0 Å². The summed E-state index contributed by atoms with van der Waals surface area (Å²) in [5.74, 6) is 0.803. The molecule has 1 heterocycles. The van der Waals surface area contributed by atoms with Crippen LogP contribution in [-0.4, -0.2) is 47.6 Å². The van der Waals surface area contributed by atoms with Crippen LogP contribution in [0.4, 0.5) is 5.82 Å². The predicted molar refractivity (Wildman–Crippen MR) is 76.2 cm³/mol. The number of halogens is 1. The van der Waals surface area contributed by atoms with Crippen molar-refractivity contribution in [1.82, 2.24) is 15.1 Å². The minimum absolute atomic E-state index is 0. The molecule has 0 aliphatic heterocycles. The summed E-state index contributed by atoms with van der Waals surface area (Å²) in [6, 6.07) is 7.50. The Hall–Kier alpha value is -1.63. The van der Waals surface area contributed by atoms with Crippen LogP contribution in [0.5, 0.6) is 5.88 Å². The third kappa shape index (κ3) is 3.66. The lowest BCUT2D eigenvalue weighted by Crippen LogP contribution is -2.20. The van der Waals surface area contributed by atoms with Gasteiger partial charge in [-0.3, -0.25) is 10.7 Å². The molecule has 1 aromatic heterocycles. The van der Waals surface area contributed by atoms with E-state index in [1.807, 2.05) is 48.7 Å². The second-order valence-corrected chi connectivity index (χ2v) is 4.16. The maximum atomic E-state index is 8.98. The summed E-state index contributed by atoms with van der Waals surface area (Å²) >= 11 is 0. The molecular formula is C12H17ClN4O2. The molecule has 0 saturated carbocycles. The normalized spacial score (nSPS) is 10.3. The van der Waals surface area contributed by atoms with Crippen molar-refractivity contribution < 1.29 is 9.94 Å². The summed E-state index contributed by atoms with van der Waals surface area (Å²) in [7, 11) is 3.96. The molecule has 2 aromatic rings. The summed E-state index contributed by atoms with van der Waals surface area (Å²) in [6.45, 7) is 1.34. The van der Waals surface area contributed by atoms with Gasteiger partial charge in [-0.1, -0.05) is 18.2 Å². The number of nitrogens with one attached hydrogen (secondary N) is 1. The van der Waals surface area contributed by atoms with Crippen LogP contribution in [0.2, 0.25) is 0 Å². The highest BCUT2D eigenvalue weighted by molar-refractivity contribution is 5.94. The first-order valence-corrected chi connectivity index (χ1v) is 5.65. The Morgan fingerprint density at radius 1 is 1.21 bits per heavy atom. The zero-order chi connectivity index (χ0) is 13.0. The van der Waals surface area contributed by atoms with E-state index in [0.29, 0.717) is 18.3 Å². The second kappa shape index (κ2) is 7.08. The molecular weight excluding hydrogens is 268 g/mol. The van der Waals surface area contributed by atoms with Crippen LogP contribution in [0.15, 0.2) is 24.3 Å². The highest BCUT2D eigenvalue weighted by Gasteiger charge is 2.09. The van der Waals surface area contributed by atoms with Crippen molar-refractivity contribution in [2.45, 2.75) is 0 Å². The van der Waals surface area contributed by atoms with Gasteiger partial charge in [0, 0.05) is 17.3 Å². The summed E-state index contributed by atoms with van der Waals surface area (Å²) in [5, 5.41) is 18.4. The van der Waals surface area contributed by atoms with Crippen molar-refractivity contribution in [2.24, 2.45) is 0 Å². The third-order valence-corrected chi connectivity index (χ3v) is 2.54. The number of benzene rings is 1. The van der Waals surface area contributed by atoms with Gasteiger partial charge in [0.05, 0.1) is 0 Å². The molecule has 0 aliphatic carbocycles. The smallest absolute Gasteiger partial charge is 0.241 e. The minimum Gasteiger partial charge on any atom is -0.475 e. The van der Waals surface area contributed by atoms with E-state index in [4.69, 9.17) is 9.94 Å². The Morgan fingerprint density at radius 3 is 2.53 bits per heavy atom. The number of likely N-dealkylation sites (N-methyl/N-ethyl adjacent to an activating group) is 1. The van der Waals surface area contributed by atoms with Gasteiger partial charge in [-0.15, -0.1) is 22.6 Å². The molecule has 0 saturated heterocycles. The average Bonchev–Trinajstić information content (AvgIpc) is 2.38. The molecule has 0 fully saturated rings. The molecule has 2 rings (SSSR count). The summed E-state index contributed by atoms with van der Waals surface area (Å²) in [5.41, 5.74) is 2.03. The lowest BCUT2D eigenvalue weighted by atomic mass is 10.2. The number of rotatable bonds is 5. The number of hydrogen-bond donors (Lipinski definition) is 2. The second-order valence-electron chi connectivity index (χ2n) is 4.16. The van der Waals surface area contributed by atoms with Crippen LogP contribution in [-0.2, 0) is 0 Å². The van der Waals surface area contributed by atoms with E-state index >= 15 is 0 Å². The van der Waals surface area contributed by atoms with Crippen molar-refractivity contribution in [3.8, 4) is 5.88 Å².